The first kappa shape index (κ1) is 14.9. The van der Waals surface area contributed by atoms with Gasteiger partial charge in [-0.3, -0.25) is 0 Å². The van der Waals surface area contributed by atoms with Crippen LogP contribution >= 0.6 is 0 Å². The molecule has 1 aromatic rings. The van der Waals surface area contributed by atoms with E-state index in [1.54, 1.807) is 12.1 Å². The van der Waals surface area contributed by atoms with Crippen LogP contribution in [0.15, 0.2) is 29.2 Å². The molecule has 0 radical (unpaired) electrons. The van der Waals surface area contributed by atoms with Gasteiger partial charge >= 0.3 is 0 Å². The molecule has 0 aromatic heterocycles. The minimum Gasteiger partial charge on any atom is -0.394 e. The van der Waals surface area contributed by atoms with Crippen molar-refractivity contribution >= 4 is 10.0 Å². The number of sulfonamides is 1. The first-order valence-electron chi connectivity index (χ1n) is 6.26. The minimum atomic E-state index is -3.58. The predicted octanol–water partition coefficient (Wildman–Crippen LogP) is 0.134. The molecule has 1 aliphatic rings. The number of rotatable bonds is 4. The molecule has 108 valence electrons. The zero-order valence-electron chi connectivity index (χ0n) is 10.9. The highest BCUT2D eigenvalue weighted by atomic mass is 32.2. The number of morpholine rings is 1. The molecule has 0 amide bonds. The van der Waals surface area contributed by atoms with Gasteiger partial charge in [-0.05, 0) is 17.7 Å². The molecule has 1 unspecified atom stereocenters. The van der Waals surface area contributed by atoms with E-state index < -0.39 is 16.1 Å². The first-order valence-corrected chi connectivity index (χ1v) is 7.70. The number of ether oxygens (including phenoxy) is 1. The smallest absolute Gasteiger partial charge is 0.243 e. The fourth-order valence-electron chi connectivity index (χ4n) is 2.04. The van der Waals surface area contributed by atoms with Gasteiger partial charge in [0.25, 0.3) is 0 Å². The van der Waals surface area contributed by atoms with Crippen molar-refractivity contribution in [2.24, 2.45) is 0 Å². The summed E-state index contributed by atoms with van der Waals surface area (Å²) < 4.78 is 31.4. The number of nitriles is 1. The molecular weight excluding hydrogens is 280 g/mol. The maximum atomic E-state index is 12.4. The van der Waals surface area contributed by atoms with E-state index in [4.69, 9.17) is 15.1 Å². The lowest BCUT2D eigenvalue weighted by atomic mass is 10.2. The minimum absolute atomic E-state index is 0.152. The molecule has 1 saturated heterocycles. The molecule has 0 aliphatic carbocycles. The van der Waals surface area contributed by atoms with Crippen molar-refractivity contribution < 1.29 is 18.3 Å². The van der Waals surface area contributed by atoms with Crippen LogP contribution in [0.1, 0.15) is 5.56 Å². The Morgan fingerprint density at radius 3 is 2.70 bits per heavy atom. The molecule has 2 rings (SSSR count). The van der Waals surface area contributed by atoms with Gasteiger partial charge in [-0.2, -0.15) is 9.57 Å². The van der Waals surface area contributed by atoms with Crippen molar-refractivity contribution in [3.63, 3.8) is 0 Å². The summed E-state index contributed by atoms with van der Waals surface area (Å²) >= 11 is 0. The van der Waals surface area contributed by atoms with Crippen molar-refractivity contribution in [2.75, 3.05) is 26.3 Å². The van der Waals surface area contributed by atoms with Gasteiger partial charge in [0.05, 0.1) is 36.7 Å². The van der Waals surface area contributed by atoms with Crippen LogP contribution in [0.4, 0.5) is 0 Å². The summed E-state index contributed by atoms with van der Waals surface area (Å²) in [5.74, 6) is 0. The van der Waals surface area contributed by atoms with Crippen LogP contribution in [0.3, 0.4) is 0 Å². The molecule has 0 saturated carbocycles. The average molecular weight is 296 g/mol. The number of nitrogens with zero attached hydrogens (tertiary/aromatic N) is 2. The first-order chi connectivity index (χ1) is 9.57. The van der Waals surface area contributed by atoms with E-state index in [9.17, 15) is 8.42 Å². The average Bonchev–Trinajstić information content (AvgIpc) is 2.48. The third-order valence-electron chi connectivity index (χ3n) is 3.15. The van der Waals surface area contributed by atoms with Crippen LogP contribution in [0.2, 0.25) is 0 Å². The summed E-state index contributed by atoms with van der Waals surface area (Å²) in [6.45, 7) is 0.502. The molecule has 1 atom stereocenters. The molecule has 7 heteroatoms. The Kier molecular flexibility index (Phi) is 4.73. The molecule has 1 N–H and O–H groups in total. The zero-order valence-corrected chi connectivity index (χ0v) is 11.7. The Labute approximate surface area is 118 Å². The summed E-state index contributed by atoms with van der Waals surface area (Å²) in [5, 5.41) is 17.7. The summed E-state index contributed by atoms with van der Waals surface area (Å²) in [6, 6.07) is 8.30. The second-order valence-corrected chi connectivity index (χ2v) is 6.46. The summed E-state index contributed by atoms with van der Waals surface area (Å²) in [5.41, 5.74) is 0.779. The maximum Gasteiger partial charge on any atom is 0.243 e. The van der Waals surface area contributed by atoms with Gasteiger partial charge < -0.3 is 9.84 Å². The third-order valence-corrected chi connectivity index (χ3v) is 5.03. The lowest BCUT2D eigenvalue weighted by Gasteiger charge is -2.31. The van der Waals surface area contributed by atoms with Gasteiger partial charge in [-0.1, -0.05) is 12.1 Å². The van der Waals surface area contributed by atoms with Crippen molar-refractivity contribution in [1.29, 1.82) is 5.26 Å². The number of benzene rings is 1. The molecular formula is C13H16N2O4S. The Morgan fingerprint density at radius 2 is 2.10 bits per heavy atom. The standard InChI is InChI=1S/C13H16N2O4S/c14-6-5-11-1-3-13(4-2-11)20(17,18)15-7-8-19-12(9-15)10-16/h1-4,12,16H,5,7-10H2. The lowest BCUT2D eigenvalue weighted by molar-refractivity contribution is -0.0304. The molecule has 20 heavy (non-hydrogen) atoms. The Balaban J connectivity index is 2.19. The molecule has 1 fully saturated rings. The maximum absolute atomic E-state index is 12.4. The Morgan fingerprint density at radius 1 is 1.40 bits per heavy atom. The largest absolute Gasteiger partial charge is 0.394 e. The molecule has 0 spiro atoms. The van der Waals surface area contributed by atoms with Crippen LogP contribution in [-0.2, 0) is 21.2 Å². The molecule has 1 aliphatic heterocycles. The number of hydrogen-bond donors (Lipinski definition) is 1. The van der Waals surface area contributed by atoms with E-state index in [1.807, 2.05) is 6.07 Å². The van der Waals surface area contributed by atoms with Crippen LogP contribution in [0, 0.1) is 11.3 Å². The summed E-state index contributed by atoms with van der Waals surface area (Å²) in [4.78, 5) is 0.192. The van der Waals surface area contributed by atoms with Crippen LogP contribution in [-0.4, -0.2) is 50.2 Å². The number of aliphatic hydroxyl groups is 1. The summed E-state index contributed by atoms with van der Waals surface area (Å²) in [7, 11) is -3.58. The predicted molar refractivity (Wildman–Crippen MR) is 71.3 cm³/mol. The van der Waals surface area contributed by atoms with Crippen molar-refractivity contribution in [2.45, 2.75) is 17.4 Å². The van der Waals surface area contributed by atoms with Gasteiger partial charge in [0.2, 0.25) is 10.0 Å². The highest BCUT2D eigenvalue weighted by Gasteiger charge is 2.30. The topological polar surface area (TPSA) is 90.6 Å². The van der Waals surface area contributed by atoms with Gasteiger partial charge in [0.1, 0.15) is 0 Å². The van der Waals surface area contributed by atoms with E-state index in [0.29, 0.717) is 0 Å². The van der Waals surface area contributed by atoms with Crippen molar-refractivity contribution in [3.8, 4) is 6.07 Å². The van der Waals surface area contributed by atoms with E-state index in [-0.39, 0.29) is 37.6 Å². The zero-order chi connectivity index (χ0) is 14.6. The fourth-order valence-corrected chi connectivity index (χ4v) is 3.50. The molecule has 0 bridgehead atoms. The van der Waals surface area contributed by atoms with E-state index >= 15 is 0 Å². The van der Waals surface area contributed by atoms with Crippen molar-refractivity contribution in [3.05, 3.63) is 29.8 Å². The highest BCUT2D eigenvalue weighted by molar-refractivity contribution is 7.89. The number of hydrogen-bond acceptors (Lipinski definition) is 5. The molecule has 1 aromatic carbocycles. The van der Waals surface area contributed by atoms with Crippen LogP contribution in [0.25, 0.3) is 0 Å². The van der Waals surface area contributed by atoms with Gasteiger partial charge in [0.15, 0.2) is 0 Å². The Bertz CT molecular complexity index is 592. The summed E-state index contributed by atoms with van der Waals surface area (Å²) in [6.07, 6.45) is -0.221. The Hall–Kier alpha value is -1.46. The SMILES string of the molecule is N#CCc1ccc(S(=O)(=O)N2CCOC(CO)C2)cc1. The van der Waals surface area contributed by atoms with E-state index in [1.165, 1.54) is 16.4 Å². The van der Waals surface area contributed by atoms with Gasteiger partial charge in [-0.15, -0.1) is 0 Å². The quantitative estimate of drug-likeness (QED) is 0.853. The number of aliphatic hydroxyl groups excluding tert-OH is 1. The van der Waals surface area contributed by atoms with E-state index in [2.05, 4.69) is 0 Å². The second-order valence-electron chi connectivity index (χ2n) is 4.52. The van der Waals surface area contributed by atoms with E-state index in [0.717, 1.165) is 5.56 Å². The fraction of sp³-hybridized carbons (Fsp3) is 0.462. The molecule has 1 heterocycles. The van der Waals surface area contributed by atoms with Crippen molar-refractivity contribution in [1.82, 2.24) is 4.31 Å². The second kappa shape index (κ2) is 6.33. The lowest BCUT2D eigenvalue weighted by Crippen LogP contribution is -2.46. The monoisotopic (exact) mass is 296 g/mol. The third kappa shape index (κ3) is 3.16. The van der Waals surface area contributed by atoms with Crippen LogP contribution in [0.5, 0.6) is 0 Å². The van der Waals surface area contributed by atoms with Crippen LogP contribution < -0.4 is 0 Å². The van der Waals surface area contributed by atoms with Gasteiger partial charge in [-0.25, -0.2) is 8.42 Å². The van der Waals surface area contributed by atoms with Gasteiger partial charge in [0, 0.05) is 13.1 Å². The normalized spacial score (nSPS) is 20.5. The highest BCUT2D eigenvalue weighted by Crippen LogP contribution is 2.19. The molecule has 6 nitrogen and oxygen atoms in total.